The highest BCUT2D eigenvalue weighted by Crippen LogP contribution is 2.24. The molecule has 1 aliphatic rings. The second kappa shape index (κ2) is 7.53. The molecule has 1 aromatic carbocycles. The first-order valence-corrected chi connectivity index (χ1v) is 8.45. The molecule has 4 atom stereocenters. The molecule has 1 saturated heterocycles. The molecule has 2 heterocycles. The van der Waals surface area contributed by atoms with Crippen molar-refractivity contribution in [2.24, 2.45) is 0 Å². The number of nitrogens with one attached hydrogen (secondary N) is 2. The molecule has 0 saturated carbocycles. The summed E-state index contributed by atoms with van der Waals surface area (Å²) in [5.41, 5.74) is 3.07. The van der Waals surface area contributed by atoms with Crippen molar-refractivity contribution in [3.05, 3.63) is 35.5 Å². The van der Waals surface area contributed by atoms with Crippen LogP contribution in [0.5, 0.6) is 0 Å². The lowest BCUT2D eigenvalue weighted by atomic mass is 9.94. The van der Waals surface area contributed by atoms with Gasteiger partial charge in [-0.25, -0.2) is 0 Å². The molecule has 0 aliphatic carbocycles. The van der Waals surface area contributed by atoms with Crippen molar-refractivity contribution in [3.63, 3.8) is 0 Å². The van der Waals surface area contributed by atoms with Gasteiger partial charge in [-0.1, -0.05) is 12.1 Å². The van der Waals surface area contributed by atoms with Crippen molar-refractivity contribution in [1.29, 1.82) is 0 Å². The van der Waals surface area contributed by atoms with Gasteiger partial charge in [-0.2, -0.15) is 0 Å². The maximum atomic E-state index is 11.0. The number of aliphatic hydroxyl groups excluding tert-OH is 3. The first-order valence-electron chi connectivity index (χ1n) is 8.45. The predicted octanol–water partition coefficient (Wildman–Crippen LogP) is -0.129. The van der Waals surface area contributed by atoms with E-state index >= 15 is 0 Å². The Kier molecular flexibility index (Phi) is 5.39. The van der Waals surface area contributed by atoms with Crippen molar-refractivity contribution < 1.29 is 24.9 Å². The first kappa shape index (κ1) is 17.9. The third-order valence-electron chi connectivity index (χ3n) is 4.64. The van der Waals surface area contributed by atoms with E-state index in [1.54, 1.807) is 0 Å². The second-order valence-electron chi connectivity index (χ2n) is 6.55. The van der Waals surface area contributed by atoms with Crippen molar-refractivity contribution >= 4 is 16.8 Å². The molecule has 3 rings (SSSR count). The van der Waals surface area contributed by atoms with E-state index in [2.05, 4.69) is 10.3 Å². The summed E-state index contributed by atoms with van der Waals surface area (Å²) in [4.78, 5) is 14.2. The SMILES string of the molecule is CC(=O)NCCc1c[nH]c2cc(CC3OCC(O)C(O)C3O)ccc12. The van der Waals surface area contributed by atoms with E-state index in [0.717, 1.165) is 28.5 Å². The standard InChI is InChI=1S/C18H24N2O5/c1-10(21)19-5-4-12-8-20-14-6-11(2-3-13(12)14)7-16-18(24)17(23)15(22)9-25-16/h2-3,6,8,15-18,20,22-24H,4-5,7,9H2,1H3,(H,19,21). The van der Waals surface area contributed by atoms with E-state index in [4.69, 9.17) is 4.74 Å². The molecule has 7 nitrogen and oxygen atoms in total. The summed E-state index contributed by atoms with van der Waals surface area (Å²) in [5, 5.41) is 33.2. The number of hydrogen-bond donors (Lipinski definition) is 5. The van der Waals surface area contributed by atoms with Gasteiger partial charge in [0.25, 0.3) is 0 Å². The molecule has 1 fully saturated rings. The smallest absolute Gasteiger partial charge is 0.216 e. The van der Waals surface area contributed by atoms with E-state index < -0.39 is 24.4 Å². The van der Waals surface area contributed by atoms with Gasteiger partial charge in [0.15, 0.2) is 0 Å². The fourth-order valence-electron chi connectivity index (χ4n) is 3.22. The van der Waals surface area contributed by atoms with Gasteiger partial charge in [-0.15, -0.1) is 0 Å². The number of aliphatic hydroxyl groups is 3. The zero-order valence-electron chi connectivity index (χ0n) is 14.1. The summed E-state index contributed by atoms with van der Waals surface area (Å²) in [5.74, 6) is -0.0412. The van der Waals surface area contributed by atoms with Crippen LogP contribution >= 0.6 is 0 Å². The summed E-state index contributed by atoms with van der Waals surface area (Å²) in [7, 11) is 0. The summed E-state index contributed by atoms with van der Waals surface area (Å²) in [6, 6.07) is 5.96. The molecule has 0 radical (unpaired) electrons. The minimum absolute atomic E-state index is 0.0148. The number of aromatic amines is 1. The van der Waals surface area contributed by atoms with Crippen molar-refractivity contribution in [1.82, 2.24) is 10.3 Å². The predicted molar refractivity (Wildman–Crippen MR) is 92.2 cm³/mol. The molecule has 2 aromatic rings. The highest BCUT2D eigenvalue weighted by atomic mass is 16.5. The summed E-state index contributed by atoms with van der Waals surface area (Å²) in [6.45, 7) is 2.10. The van der Waals surface area contributed by atoms with Gasteiger partial charge in [0, 0.05) is 37.0 Å². The molecule has 1 aliphatic heterocycles. The van der Waals surface area contributed by atoms with Gasteiger partial charge in [0.2, 0.25) is 5.91 Å². The maximum Gasteiger partial charge on any atom is 0.216 e. The fraction of sp³-hybridized carbons (Fsp3) is 0.500. The van der Waals surface area contributed by atoms with Crippen LogP contribution in [0.3, 0.4) is 0 Å². The van der Waals surface area contributed by atoms with Crippen LogP contribution in [0.25, 0.3) is 10.9 Å². The zero-order chi connectivity index (χ0) is 18.0. The highest BCUT2D eigenvalue weighted by Gasteiger charge is 2.37. The topological polar surface area (TPSA) is 115 Å². The molecule has 136 valence electrons. The Labute approximate surface area is 145 Å². The van der Waals surface area contributed by atoms with Crippen LogP contribution in [-0.4, -0.2) is 63.8 Å². The lowest BCUT2D eigenvalue weighted by molar-refractivity contribution is -0.186. The Morgan fingerprint density at radius 1 is 1.32 bits per heavy atom. The molecule has 25 heavy (non-hydrogen) atoms. The number of H-pyrrole nitrogens is 1. The van der Waals surface area contributed by atoms with Gasteiger partial charge in [-0.05, 0) is 23.6 Å². The molecule has 7 heteroatoms. The van der Waals surface area contributed by atoms with Crippen molar-refractivity contribution in [2.75, 3.05) is 13.2 Å². The largest absolute Gasteiger partial charge is 0.388 e. The Hall–Kier alpha value is -1.93. The van der Waals surface area contributed by atoms with E-state index in [1.165, 1.54) is 6.92 Å². The van der Waals surface area contributed by atoms with Gasteiger partial charge in [-0.3, -0.25) is 4.79 Å². The van der Waals surface area contributed by atoms with Crippen LogP contribution in [0.15, 0.2) is 24.4 Å². The third kappa shape index (κ3) is 4.01. The molecular formula is C18H24N2O5. The third-order valence-corrected chi connectivity index (χ3v) is 4.64. The number of aromatic nitrogens is 1. The number of carbonyl (C=O) groups is 1. The summed E-state index contributed by atoms with van der Waals surface area (Å²) < 4.78 is 5.46. The van der Waals surface area contributed by atoms with Crippen LogP contribution in [0.2, 0.25) is 0 Å². The Morgan fingerprint density at radius 2 is 2.12 bits per heavy atom. The quantitative estimate of drug-likeness (QED) is 0.516. The Morgan fingerprint density at radius 3 is 2.88 bits per heavy atom. The number of fused-ring (bicyclic) bond motifs is 1. The van der Waals surface area contributed by atoms with Gasteiger partial charge >= 0.3 is 0 Å². The molecular weight excluding hydrogens is 324 g/mol. The molecule has 0 spiro atoms. The lowest BCUT2D eigenvalue weighted by Gasteiger charge is -2.35. The summed E-state index contributed by atoms with van der Waals surface area (Å²) in [6.07, 6.45) is -0.783. The van der Waals surface area contributed by atoms with Gasteiger partial charge in [0.05, 0.1) is 12.7 Å². The molecule has 0 bridgehead atoms. The number of amides is 1. The molecule has 1 amide bonds. The number of benzene rings is 1. The lowest BCUT2D eigenvalue weighted by Crippen LogP contribution is -2.53. The number of carbonyl (C=O) groups excluding carboxylic acids is 1. The normalized spacial score (nSPS) is 26.7. The number of rotatable bonds is 5. The van der Waals surface area contributed by atoms with Gasteiger partial charge < -0.3 is 30.4 Å². The Balaban J connectivity index is 1.69. The van der Waals surface area contributed by atoms with E-state index in [1.807, 2.05) is 24.4 Å². The average Bonchev–Trinajstić information content (AvgIpc) is 2.97. The van der Waals surface area contributed by atoms with E-state index in [0.29, 0.717) is 13.0 Å². The minimum Gasteiger partial charge on any atom is -0.388 e. The van der Waals surface area contributed by atoms with E-state index in [9.17, 15) is 20.1 Å². The van der Waals surface area contributed by atoms with Crippen LogP contribution in [-0.2, 0) is 22.4 Å². The van der Waals surface area contributed by atoms with Crippen LogP contribution < -0.4 is 5.32 Å². The zero-order valence-corrected chi connectivity index (χ0v) is 14.1. The Bertz CT molecular complexity index is 744. The van der Waals surface area contributed by atoms with Crippen molar-refractivity contribution in [2.45, 2.75) is 44.2 Å². The monoisotopic (exact) mass is 348 g/mol. The average molecular weight is 348 g/mol. The van der Waals surface area contributed by atoms with Crippen LogP contribution in [0.4, 0.5) is 0 Å². The highest BCUT2D eigenvalue weighted by molar-refractivity contribution is 5.84. The molecule has 1 aromatic heterocycles. The number of hydrogen-bond acceptors (Lipinski definition) is 5. The van der Waals surface area contributed by atoms with Crippen molar-refractivity contribution in [3.8, 4) is 0 Å². The molecule has 5 N–H and O–H groups in total. The van der Waals surface area contributed by atoms with Gasteiger partial charge in [0.1, 0.15) is 18.3 Å². The fourth-order valence-corrected chi connectivity index (χ4v) is 3.22. The number of ether oxygens (including phenoxy) is 1. The first-order chi connectivity index (χ1) is 12.0. The van der Waals surface area contributed by atoms with E-state index in [-0.39, 0.29) is 12.5 Å². The maximum absolute atomic E-state index is 11.0. The minimum atomic E-state index is -1.19. The van der Waals surface area contributed by atoms with Crippen LogP contribution in [0, 0.1) is 0 Å². The van der Waals surface area contributed by atoms with Crippen LogP contribution in [0.1, 0.15) is 18.1 Å². The summed E-state index contributed by atoms with van der Waals surface area (Å²) >= 11 is 0. The second-order valence-corrected chi connectivity index (χ2v) is 6.55. The molecule has 4 unspecified atom stereocenters.